The molecule has 77 heavy (non-hydrogen) atoms. The van der Waals surface area contributed by atoms with E-state index in [0.29, 0.717) is 59.1 Å². The first-order valence-electron chi connectivity index (χ1n) is 23.0. The molecule has 1 aliphatic carbocycles. The molecule has 7 aromatic rings. The minimum Gasteiger partial charge on any atom is -0.465 e. The maximum atomic E-state index is 12.5. The van der Waals surface area contributed by atoms with Gasteiger partial charge in [0.25, 0.3) is 0 Å². The average molecular weight is 1070 g/mol. The third-order valence-electron chi connectivity index (χ3n) is 12.2. The predicted molar refractivity (Wildman–Crippen MR) is 290 cm³/mol. The van der Waals surface area contributed by atoms with E-state index in [1.165, 1.54) is 49.8 Å². The largest absolute Gasteiger partial charge is 0.465 e. The number of hydrogen-bond donors (Lipinski definition) is 0. The van der Waals surface area contributed by atoms with Gasteiger partial charge in [-0.05, 0) is 55.9 Å². The van der Waals surface area contributed by atoms with Gasteiger partial charge in [-0.15, -0.1) is 0 Å². The molecule has 15 nitrogen and oxygen atoms in total. The lowest BCUT2D eigenvalue weighted by Crippen LogP contribution is -2.27. The standard InChI is InChI=1S/C23H17NO6.C19H14O4S.C18H14O4S/c1-28-21(25)17(12-24)18-13-8-4-6-10-15(13)19(16-11-7-5-9-14(16)18)20(22(26)29-2)23(27)30-3;1-22-18(20)16(19(21)23-2)15-11-7-3-5-9-13(11)17(24)14-10-6-4-8-12(14)15;1-21-17(19)16(18(20)22-2)15-11-7-3-5-9-13(11)23-14-10-6-4-8-12(14)15/h4-11H,1-3H3;3-10H,1-2H3;3-10H,1-2H3. The Labute approximate surface area is 450 Å². The van der Waals surface area contributed by atoms with Crippen molar-refractivity contribution in [2.45, 2.75) is 9.79 Å². The fourth-order valence-corrected chi connectivity index (χ4v) is 10.3. The number of methoxy groups -OCH3 is 7. The molecule has 0 bridgehead atoms. The first kappa shape index (κ1) is 55.3. The van der Waals surface area contributed by atoms with Crippen LogP contribution in [0.2, 0.25) is 0 Å². The molecule has 0 saturated carbocycles. The van der Waals surface area contributed by atoms with E-state index in [9.17, 15) is 38.8 Å². The van der Waals surface area contributed by atoms with Crippen LogP contribution in [0.25, 0.3) is 43.8 Å². The lowest BCUT2D eigenvalue weighted by Gasteiger charge is -2.24. The van der Waals surface area contributed by atoms with Crippen LogP contribution in [0.1, 0.15) is 33.4 Å². The maximum absolute atomic E-state index is 12.5. The van der Waals surface area contributed by atoms with Gasteiger partial charge in [0.15, 0.2) is 16.7 Å². The average Bonchev–Trinajstić information content (AvgIpc) is 3.59. The van der Waals surface area contributed by atoms with Crippen LogP contribution >= 0.6 is 24.0 Å². The second-order valence-corrected chi connectivity index (χ2v) is 17.7. The van der Waals surface area contributed by atoms with Crippen molar-refractivity contribution in [1.29, 1.82) is 5.26 Å². The topological polar surface area (TPSA) is 208 Å². The zero-order chi connectivity index (χ0) is 55.5. The number of thiocarbonyl (C=S) groups is 1. The van der Waals surface area contributed by atoms with Gasteiger partial charge in [0.05, 0.1) is 54.6 Å². The Morgan fingerprint density at radius 2 is 0.636 bits per heavy atom. The zero-order valence-electron chi connectivity index (χ0n) is 42.3. The number of carbonyl (C=O) groups is 7. The first-order valence-corrected chi connectivity index (χ1v) is 24.2. The second kappa shape index (κ2) is 24.7. The highest BCUT2D eigenvalue weighted by Crippen LogP contribution is 2.47. The number of carbonyl (C=O) groups excluding carboxylic acids is 7. The van der Waals surface area contributed by atoms with E-state index in [1.807, 2.05) is 103 Å². The number of rotatable bonds is 7. The van der Waals surface area contributed by atoms with Crippen LogP contribution in [0.4, 0.5) is 0 Å². The van der Waals surface area contributed by atoms with Crippen molar-refractivity contribution in [3.8, 4) is 6.07 Å². The van der Waals surface area contributed by atoms with Crippen LogP contribution in [0, 0.1) is 11.3 Å². The van der Waals surface area contributed by atoms with Crippen LogP contribution in [0.15, 0.2) is 167 Å². The van der Waals surface area contributed by atoms with E-state index in [4.69, 9.17) is 45.4 Å². The smallest absolute Gasteiger partial charge is 0.349 e. The molecular formula is C60H45NO14S2. The summed E-state index contributed by atoms with van der Waals surface area (Å²) in [5.74, 6) is -5.40. The molecule has 0 aromatic heterocycles. The van der Waals surface area contributed by atoms with Crippen molar-refractivity contribution in [1.82, 2.24) is 0 Å². The van der Waals surface area contributed by atoms with E-state index in [-0.39, 0.29) is 22.3 Å². The van der Waals surface area contributed by atoms with Crippen LogP contribution in [0.3, 0.4) is 0 Å². The van der Waals surface area contributed by atoms with Gasteiger partial charge in [-0.25, -0.2) is 33.6 Å². The van der Waals surface area contributed by atoms with Crippen molar-refractivity contribution in [3.05, 3.63) is 201 Å². The molecule has 0 unspecified atom stereocenters. The van der Waals surface area contributed by atoms with Gasteiger partial charge in [0.1, 0.15) is 11.6 Å². The normalized spacial score (nSPS) is 11.3. The van der Waals surface area contributed by atoms with E-state index in [0.717, 1.165) is 32.0 Å². The minimum absolute atomic E-state index is 0.0878. The van der Waals surface area contributed by atoms with Gasteiger partial charge in [0, 0.05) is 42.5 Å². The molecule has 0 N–H and O–H groups in total. The van der Waals surface area contributed by atoms with Gasteiger partial charge in [-0.1, -0.05) is 157 Å². The highest BCUT2D eigenvalue weighted by atomic mass is 32.2. The third kappa shape index (κ3) is 10.7. The Balaban J connectivity index is 0.000000170. The molecule has 2 aliphatic rings. The fourth-order valence-electron chi connectivity index (χ4n) is 8.86. The third-order valence-corrected chi connectivity index (χ3v) is 13.8. The molecular weight excluding hydrogens is 1020 g/mol. The van der Waals surface area contributed by atoms with Gasteiger partial charge in [-0.2, -0.15) is 5.26 Å². The molecule has 0 saturated heterocycles. The molecule has 0 fully saturated rings. The number of hydrogen-bond acceptors (Lipinski definition) is 17. The summed E-state index contributed by atoms with van der Waals surface area (Å²) in [6, 6.07) is 45.7. The Morgan fingerprint density at radius 3 is 0.974 bits per heavy atom. The lowest BCUT2D eigenvalue weighted by atomic mass is 9.80. The number of ether oxygens (including phenoxy) is 7. The molecule has 0 atom stereocenters. The Hall–Kier alpha value is -9.50. The fraction of sp³-hybridized carbons (Fsp3) is 0.117. The SMILES string of the molecule is COC(=O)C(C#N)=c1c2ccccc2c(=C(C(=O)OC)C(=O)OC)c2ccccc12.COC(=O)C(C(=O)OC)=C1c2ccccc2C(=S)c2ccccc21.COC(=O)C(C(=O)OC)=C1c2ccccc2Sc2ccccc21. The molecule has 9 rings (SSSR count). The summed E-state index contributed by atoms with van der Waals surface area (Å²) >= 11 is 7.19. The van der Waals surface area contributed by atoms with Crippen LogP contribution in [-0.2, 0) is 66.7 Å². The Morgan fingerprint density at radius 1 is 0.364 bits per heavy atom. The summed E-state index contributed by atoms with van der Waals surface area (Å²) in [5, 5.41) is 12.3. The summed E-state index contributed by atoms with van der Waals surface area (Å²) in [6.07, 6.45) is 0. The highest BCUT2D eigenvalue weighted by Gasteiger charge is 2.34. The van der Waals surface area contributed by atoms with E-state index in [1.54, 1.807) is 60.3 Å². The predicted octanol–water partition coefficient (Wildman–Crippen LogP) is 7.55. The number of esters is 7. The Bertz CT molecular complexity index is 3650. The van der Waals surface area contributed by atoms with Crippen molar-refractivity contribution >= 4 is 114 Å². The van der Waals surface area contributed by atoms with Gasteiger partial charge < -0.3 is 33.2 Å². The van der Waals surface area contributed by atoms with Gasteiger partial charge in [-0.3, -0.25) is 0 Å². The van der Waals surface area contributed by atoms with Gasteiger partial charge in [0.2, 0.25) is 0 Å². The Kier molecular flexibility index (Phi) is 17.7. The summed E-state index contributed by atoms with van der Waals surface area (Å²) in [4.78, 5) is 89.1. The summed E-state index contributed by atoms with van der Waals surface area (Å²) in [6.45, 7) is 0. The van der Waals surface area contributed by atoms with Crippen molar-refractivity contribution < 1.29 is 66.7 Å². The summed E-state index contributed by atoms with van der Waals surface area (Å²) in [5.41, 5.74) is 5.01. The second-order valence-electron chi connectivity index (χ2n) is 16.2. The van der Waals surface area contributed by atoms with E-state index >= 15 is 0 Å². The van der Waals surface area contributed by atoms with Gasteiger partial charge >= 0.3 is 41.8 Å². The number of fused-ring (bicyclic) bond motifs is 6. The molecule has 0 spiro atoms. The number of nitriles is 1. The molecule has 7 aromatic carbocycles. The van der Waals surface area contributed by atoms with Crippen molar-refractivity contribution in [2.75, 3.05) is 49.8 Å². The quantitative estimate of drug-likeness (QED) is 0.0287. The van der Waals surface area contributed by atoms with E-state index < -0.39 is 41.8 Å². The number of benzene rings is 7. The molecule has 1 heterocycles. The monoisotopic (exact) mass is 1070 g/mol. The minimum atomic E-state index is -0.859. The molecule has 386 valence electrons. The zero-order valence-corrected chi connectivity index (χ0v) is 44.0. The van der Waals surface area contributed by atoms with Crippen molar-refractivity contribution in [2.24, 2.45) is 0 Å². The summed E-state index contributed by atoms with van der Waals surface area (Å²) in [7, 11) is 8.50. The molecule has 0 amide bonds. The van der Waals surface area contributed by atoms with Crippen LogP contribution in [0.5, 0.6) is 0 Å². The van der Waals surface area contributed by atoms with Crippen LogP contribution in [-0.4, -0.2) is 96.4 Å². The first-order chi connectivity index (χ1) is 37.3. The van der Waals surface area contributed by atoms with Crippen molar-refractivity contribution in [3.63, 3.8) is 0 Å². The number of nitrogens with zero attached hydrogens (tertiary/aromatic N) is 1. The molecule has 0 radical (unpaired) electrons. The lowest BCUT2D eigenvalue weighted by molar-refractivity contribution is -0.145. The molecule has 1 aliphatic heterocycles. The highest BCUT2D eigenvalue weighted by molar-refractivity contribution is 7.99. The van der Waals surface area contributed by atoms with Crippen LogP contribution < -0.4 is 10.4 Å². The van der Waals surface area contributed by atoms with E-state index in [2.05, 4.69) is 0 Å². The molecule has 17 heteroatoms. The maximum Gasteiger partial charge on any atom is 0.349 e. The summed E-state index contributed by atoms with van der Waals surface area (Å²) < 4.78 is 33.7.